The second kappa shape index (κ2) is 15.6. The van der Waals surface area contributed by atoms with Gasteiger partial charge in [0.05, 0.1) is 49.3 Å². The molecule has 14 heteroatoms. The molecule has 0 radical (unpaired) electrons. The van der Waals surface area contributed by atoms with Crippen LogP contribution < -0.4 is 14.8 Å². The zero-order valence-electron chi connectivity index (χ0n) is 27.4. The number of benzene rings is 1. The third-order valence-corrected chi connectivity index (χ3v) is 9.78. The van der Waals surface area contributed by atoms with E-state index in [9.17, 15) is 0 Å². The first-order chi connectivity index (χ1) is 23.6. The Morgan fingerprint density at radius 2 is 1.79 bits per heavy atom. The van der Waals surface area contributed by atoms with Crippen molar-refractivity contribution in [2.45, 2.75) is 70.2 Å². The maximum absolute atomic E-state index is 6.52. The van der Waals surface area contributed by atoms with Crippen LogP contribution in [0.3, 0.4) is 0 Å². The minimum absolute atomic E-state index is 0.174. The van der Waals surface area contributed by atoms with Crippen LogP contribution in [0, 0.1) is 5.92 Å². The Hall–Kier alpha value is -3.78. The maximum atomic E-state index is 6.52. The Bertz CT molecular complexity index is 1600. The molecular weight excluding hydrogens is 634 g/mol. The average Bonchev–Trinajstić information content (AvgIpc) is 3.79. The largest absolute Gasteiger partial charge is 0.487 e. The predicted molar refractivity (Wildman–Crippen MR) is 181 cm³/mol. The van der Waals surface area contributed by atoms with Crippen molar-refractivity contribution in [2.75, 3.05) is 51.4 Å². The molecule has 0 unspecified atom stereocenters. The fraction of sp³-hybridized carbons (Fsp3) is 0.559. The second-order valence-corrected chi connectivity index (χ2v) is 13.3. The molecule has 1 aliphatic carbocycles. The fourth-order valence-corrected chi connectivity index (χ4v) is 6.95. The van der Waals surface area contributed by atoms with Crippen molar-refractivity contribution in [1.82, 2.24) is 39.4 Å². The van der Waals surface area contributed by atoms with Gasteiger partial charge in [0.15, 0.2) is 0 Å². The van der Waals surface area contributed by atoms with E-state index in [4.69, 9.17) is 40.6 Å². The first-order valence-electron chi connectivity index (χ1n) is 17.1. The quantitative estimate of drug-likeness (QED) is 0.207. The highest BCUT2D eigenvalue weighted by molar-refractivity contribution is 6.32. The summed E-state index contributed by atoms with van der Waals surface area (Å²) in [4.78, 5) is 16.0. The highest BCUT2D eigenvalue weighted by Gasteiger charge is 2.29. The lowest BCUT2D eigenvalue weighted by atomic mass is 9.90. The van der Waals surface area contributed by atoms with Crippen LogP contribution in [0.5, 0.6) is 11.6 Å². The Morgan fingerprint density at radius 1 is 1.00 bits per heavy atom. The molecule has 3 aromatic heterocycles. The van der Waals surface area contributed by atoms with E-state index in [1.165, 1.54) is 6.33 Å². The van der Waals surface area contributed by atoms with Crippen molar-refractivity contribution in [1.29, 1.82) is 0 Å². The summed E-state index contributed by atoms with van der Waals surface area (Å²) >= 11 is 6.52. The summed E-state index contributed by atoms with van der Waals surface area (Å²) in [5.74, 6) is 2.05. The molecule has 0 bridgehead atoms. The summed E-state index contributed by atoms with van der Waals surface area (Å²) < 4.78 is 27.5. The highest BCUT2D eigenvalue weighted by atomic mass is 35.5. The zero-order valence-corrected chi connectivity index (χ0v) is 28.2. The van der Waals surface area contributed by atoms with E-state index < -0.39 is 0 Å². The summed E-state index contributed by atoms with van der Waals surface area (Å²) in [5, 5.41) is 13.1. The molecule has 0 spiro atoms. The van der Waals surface area contributed by atoms with Crippen molar-refractivity contribution in [3.63, 3.8) is 0 Å². The number of hydrogen-bond acceptors (Lipinski definition) is 11. The van der Waals surface area contributed by atoms with Crippen LogP contribution in [0.15, 0.2) is 49.3 Å². The monoisotopic (exact) mass is 677 g/mol. The van der Waals surface area contributed by atoms with Gasteiger partial charge in [0.2, 0.25) is 5.95 Å². The number of halogens is 1. The lowest BCUT2D eigenvalue weighted by molar-refractivity contribution is 0.00501. The fourth-order valence-electron chi connectivity index (χ4n) is 6.79. The molecule has 1 saturated carbocycles. The summed E-state index contributed by atoms with van der Waals surface area (Å²) in [6.45, 7) is 8.40. The molecular formula is C34H44ClN9O4. The van der Waals surface area contributed by atoms with Gasteiger partial charge in [-0.2, -0.15) is 5.10 Å². The number of ether oxygens (including phenoxy) is 4. The van der Waals surface area contributed by atoms with Crippen LogP contribution in [-0.2, 0) is 16.0 Å². The van der Waals surface area contributed by atoms with Gasteiger partial charge in [-0.25, -0.2) is 19.6 Å². The highest BCUT2D eigenvalue weighted by Crippen LogP contribution is 2.36. The number of hydrogen-bond donors (Lipinski definition) is 1. The third kappa shape index (κ3) is 8.25. The van der Waals surface area contributed by atoms with Crippen LogP contribution in [0.4, 0.5) is 11.6 Å². The van der Waals surface area contributed by atoms with Gasteiger partial charge in [-0.15, -0.1) is 5.10 Å². The first-order valence-corrected chi connectivity index (χ1v) is 17.5. The van der Waals surface area contributed by atoms with Crippen molar-refractivity contribution in [2.24, 2.45) is 5.92 Å². The number of nitrogens with zero attached hydrogens (tertiary/aromatic N) is 8. The molecule has 0 amide bonds. The van der Waals surface area contributed by atoms with Crippen LogP contribution in [0.2, 0.25) is 5.02 Å². The number of morpholine rings is 1. The Morgan fingerprint density at radius 3 is 2.58 bits per heavy atom. The van der Waals surface area contributed by atoms with E-state index in [1.54, 1.807) is 17.2 Å². The zero-order chi connectivity index (χ0) is 32.7. The van der Waals surface area contributed by atoms with Crippen LogP contribution in [-0.4, -0.2) is 97.7 Å². The summed E-state index contributed by atoms with van der Waals surface area (Å²) in [6, 6.07) is 8.46. The van der Waals surface area contributed by atoms with Crippen molar-refractivity contribution < 1.29 is 18.9 Å². The van der Waals surface area contributed by atoms with Gasteiger partial charge in [0, 0.05) is 44.1 Å². The summed E-state index contributed by atoms with van der Waals surface area (Å²) in [7, 11) is 0. The number of aromatic nitrogens is 7. The first kappa shape index (κ1) is 32.8. The normalized spacial score (nSPS) is 21.5. The van der Waals surface area contributed by atoms with Gasteiger partial charge in [0.25, 0.3) is 5.88 Å². The van der Waals surface area contributed by atoms with E-state index in [0.717, 1.165) is 95.0 Å². The lowest BCUT2D eigenvalue weighted by Crippen LogP contribution is -2.45. The van der Waals surface area contributed by atoms with Crippen molar-refractivity contribution in [3.8, 4) is 22.9 Å². The predicted octanol–water partition coefficient (Wildman–Crippen LogP) is 5.42. The van der Waals surface area contributed by atoms with Crippen molar-refractivity contribution in [3.05, 3.63) is 54.3 Å². The molecule has 1 N–H and O–H groups in total. The van der Waals surface area contributed by atoms with E-state index in [-0.39, 0.29) is 6.10 Å². The van der Waals surface area contributed by atoms with Gasteiger partial charge < -0.3 is 24.3 Å². The SMILES string of the molecule is C[C@@H](Cn1cncn1)Oc1cc(-c2ccnc(Nc3cn(C4CCC(N5CCOCC5)CC4)nc3OCC3CCOCC3)n2)ccc1Cl. The van der Waals surface area contributed by atoms with Gasteiger partial charge in [0.1, 0.15) is 30.2 Å². The average molecular weight is 678 g/mol. The minimum atomic E-state index is -0.174. The van der Waals surface area contributed by atoms with Gasteiger partial charge in [-0.1, -0.05) is 17.7 Å². The van der Waals surface area contributed by atoms with Crippen LogP contribution in [0.25, 0.3) is 11.3 Å². The Kier molecular flexibility index (Phi) is 10.7. The van der Waals surface area contributed by atoms with Gasteiger partial charge in [-0.3, -0.25) is 9.58 Å². The van der Waals surface area contributed by atoms with Crippen molar-refractivity contribution >= 4 is 23.2 Å². The Labute approximate surface area is 285 Å². The van der Waals surface area contributed by atoms with E-state index in [1.807, 2.05) is 31.2 Å². The molecule has 3 aliphatic rings. The van der Waals surface area contributed by atoms with E-state index >= 15 is 0 Å². The third-order valence-electron chi connectivity index (χ3n) is 9.47. The molecule has 3 fully saturated rings. The number of anilines is 2. The van der Waals surface area contributed by atoms with Crippen LogP contribution in [0.1, 0.15) is 51.5 Å². The molecule has 1 aromatic carbocycles. The van der Waals surface area contributed by atoms with E-state index in [2.05, 4.69) is 36.2 Å². The molecule has 13 nitrogen and oxygen atoms in total. The molecule has 4 aromatic rings. The van der Waals surface area contributed by atoms with Gasteiger partial charge >= 0.3 is 0 Å². The summed E-state index contributed by atoms with van der Waals surface area (Å²) in [5.41, 5.74) is 2.35. The van der Waals surface area contributed by atoms with Gasteiger partial charge in [-0.05, 0) is 69.6 Å². The molecule has 256 valence electrons. The second-order valence-electron chi connectivity index (χ2n) is 12.9. The van der Waals surface area contributed by atoms with E-state index in [0.29, 0.717) is 53.8 Å². The molecule has 2 aliphatic heterocycles. The smallest absolute Gasteiger partial charge is 0.256 e. The topological polar surface area (TPSA) is 126 Å². The molecule has 5 heterocycles. The lowest BCUT2D eigenvalue weighted by Gasteiger charge is -2.38. The molecule has 1 atom stereocenters. The standard InChI is InChI=1S/C34H44ClN9O4/c1-24(19-43-23-36-22-38-43)48-32-18-26(2-7-29(32)35)30-8-11-37-34(39-30)40-31-20-44(41-33(31)47-21-25-9-14-45-15-10-25)28-5-3-27(4-6-28)42-12-16-46-17-13-42/h2,7-8,11,18,20,22-25,27-28H,3-6,9-10,12-17,19,21H2,1H3,(H,37,39,40)/t24-,27?,28?/m0/s1. The molecule has 7 rings (SSSR count). The summed E-state index contributed by atoms with van der Waals surface area (Å²) in [6.07, 6.45) is 13.2. The Balaban J connectivity index is 1.06. The number of rotatable bonds is 12. The maximum Gasteiger partial charge on any atom is 0.256 e. The van der Waals surface area contributed by atoms with Crippen LogP contribution >= 0.6 is 11.6 Å². The minimum Gasteiger partial charge on any atom is -0.487 e. The molecule has 2 saturated heterocycles. The molecule has 48 heavy (non-hydrogen) atoms. The number of nitrogens with one attached hydrogen (secondary N) is 1.